The van der Waals surface area contributed by atoms with Crippen LogP contribution in [0.2, 0.25) is 0 Å². The van der Waals surface area contributed by atoms with Crippen LogP contribution in [0.5, 0.6) is 11.5 Å². The van der Waals surface area contributed by atoms with Crippen molar-refractivity contribution in [3.05, 3.63) is 109 Å². The van der Waals surface area contributed by atoms with E-state index in [1.54, 1.807) is 0 Å². The minimum absolute atomic E-state index is 0.0842. The van der Waals surface area contributed by atoms with E-state index in [-0.39, 0.29) is 5.54 Å². The minimum atomic E-state index is -0.0842. The van der Waals surface area contributed by atoms with Gasteiger partial charge in [0.1, 0.15) is 34.7 Å². The highest BCUT2D eigenvalue weighted by molar-refractivity contribution is 5.90. The monoisotopic (exact) mass is 459 g/mol. The van der Waals surface area contributed by atoms with Gasteiger partial charge in [0.15, 0.2) is 0 Å². The molecule has 0 spiro atoms. The van der Waals surface area contributed by atoms with Crippen molar-refractivity contribution in [2.24, 2.45) is 0 Å². The molecule has 0 aliphatic carbocycles. The van der Waals surface area contributed by atoms with Gasteiger partial charge in [-0.1, -0.05) is 42.5 Å². The van der Waals surface area contributed by atoms with Crippen molar-refractivity contribution in [3.8, 4) is 17.2 Å². The zero-order valence-electron chi connectivity index (χ0n) is 20.1. The van der Waals surface area contributed by atoms with Crippen LogP contribution in [0.1, 0.15) is 19.4 Å². The first-order chi connectivity index (χ1) is 17.0. The Balaban J connectivity index is 1.33. The summed E-state index contributed by atoms with van der Waals surface area (Å²) in [5, 5.41) is 0. The lowest BCUT2D eigenvalue weighted by molar-refractivity contribution is -0.582. The maximum Gasteiger partial charge on any atom is 0.245 e. The van der Waals surface area contributed by atoms with Gasteiger partial charge in [-0.05, 0) is 56.3 Å². The number of imidazole rings is 1. The molecule has 172 valence electrons. The smallest absolute Gasteiger partial charge is 0.245 e. The fraction of sp³-hybridized carbons (Fsp3) is 0.133. The Kier molecular flexibility index (Phi) is 4.92. The molecule has 1 aliphatic rings. The van der Waals surface area contributed by atoms with Crippen LogP contribution < -0.4 is 9.64 Å². The predicted octanol–water partition coefficient (Wildman–Crippen LogP) is 6.88. The van der Waals surface area contributed by atoms with E-state index in [4.69, 9.17) is 4.74 Å². The molecule has 0 unspecified atom stereocenters. The zero-order valence-corrected chi connectivity index (χ0v) is 20.1. The predicted molar refractivity (Wildman–Crippen MR) is 141 cm³/mol. The number of aromatic nitrogens is 2. The molecule has 0 atom stereocenters. The Morgan fingerprint density at radius 2 is 1.46 bits per heavy atom. The van der Waals surface area contributed by atoms with Crippen LogP contribution in [-0.2, 0) is 5.54 Å². The van der Waals surface area contributed by atoms with Gasteiger partial charge in [0.25, 0.3) is 0 Å². The molecular formula is C30H27N4O+. The molecule has 4 aromatic carbocycles. The molecule has 5 aromatic rings. The molecule has 2 heterocycles. The molecule has 0 saturated heterocycles. The van der Waals surface area contributed by atoms with Crippen molar-refractivity contribution >= 4 is 28.7 Å². The van der Waals surface area contributed by atoms with E-state index in [1.165, 1.54) is 11.3 Å². The first-order valence-corrected chi connectivity index (χ1v) is 11.8. The van der Waals surface area contributed by atoms with Crippen molar-refractivity contribution in [2.45, 2.75) is 19.4 Å². The van der Waals surface area contributed by atoms with Gasteiger partial charge in [-0.3, -0.25) is 9.14 Å². The fourth-order valence-electron chi connectivity index (χ4n) is 4.67. The SMILES string of the molecule is C[N+]1=CN(c2cccc(Oc3cccc(-n4cnc5ccccc54)c3)c2)c2ccccc2C1(C)C. The second-order valence-corrected chi connectivity index (χ2v) is 9.37. The average molecular weight is 460 g/mol. The second kappa shape index (κ2) is 8.13. The largest absolute Gasteiger partial charge is 0.457 e. The Hall–Kier alpha value is -4.38. The van der Waals surface area contributed by atoms with Crippen LogP contribution in [0.3, 0.4) is 0 Å². The van der Waals surface area contributed by atoms with Crippen LogP contribution in [-0.4, -0.2) is 27.5 Å². The normalized spacial score (nSPS) is 14.5. The summed E-state index contributed by atoms with van der Waals surface area (Å²) in [6.07, 6.45) is 4.01. The molecule has 0 amide bonds. The molecule has 5 nitrogen and oxygen atoms in total. The maximum absolute atomic E-state index is 6.33. The van der Waals surface area contributed by atoms with E-state index in [1.807, 2.05) is 54.9 Å². The van der Waals surface area contributed by atoms with Crippen molar-refractivity contribution in [1.82, 2.24) is 9.55 Å². The topological polar surface area (TPSA) is 33.3 Å². The summed E-state index contributed by atoms with van der Waals surface area (Å²) in [6, 6.07) is 33.0. The van der Waals surface area contributed by atoms with Crippen molar-refractivity contribution < 1.29 is 9.31 Å². The van der Waals surface area contributed by atoms with Crippen LogP contribution in [0.25, 0.3) is 16.7 Å². The number of benzene rings is 4. The van der Waals surface area contributed by atoms with Gasteiger partial charge in [-0.2, -0.15) is 4.90 Å². The van der Waals surface area contributed by atoms with Gasteiger partial charge in [-0.15, -0.1) is 0 Å². The van der Waals surface area contributed by atoms with Crippen LogP contribution in [0.15, 0.2) is 103 Å². The van der Waals surface area contributed by atoms with Crippen molar-refractivity contribution in [1.29, 1.82) is 0 Å². The number of hydrogen-bond acceptors (Lipinski definition) is 3. The van der Waals surface area contributed by atoms with Crippen molar-refractivity contribution in [3.63, 3.8) is 0 Å². The van der Waals surface area contributed by atoms with E-state index in [0.717, 1.165) is 33.9 Å². The van der Waals surface area contributed by atoms with Crippen LogP contribution in [0.4, 0.5) is 11.4 Å². The highest BCUT2D eigenvalue weighted by Gasteiger charge is 2.37. The van der Waals surface area contributed by atoms with Gasteiger partial charge < -0.3 is 4.74 Å². The number of anilines is 2. The lowest BCUT2D eigenvalue weighted by atomic mass is 9.90. The highest BCUT2D eigenvalue weighted by Crippen LogP contribution is 2.39. The quantitative estimate of drug-likeness (QED) is 0.275. The number of ether oxygens (including phenoxy) is 1. The van der Waals surface area contributed by atoms with E-state index >= 15 is 0 Å². The molecule has 5 heteroatoms. The zero-order chi connectivity index (χ0) is 24.0. The average Bonchev–Trinajstić information content (AvgIpc) is 3.31. The molecule has 0 fully saturated rings. The van der Waals surface area contributed by atoms with Gasteiger partial charge in [0.2, 0.25) is 6.34 Å². The Morgan fingerprint density at radius 1 is 0.771 bits per heavy atom. The summed E-state index contributed by atoms with van der Waals surface area (Å²) in [6.45, 7) is 4.49. The summed E-state index contributed by atoms with van der Waals surface area (Å²) >= 11 is 0. The summed E-state index contributed by atoms with van der Waals surface area (Å²) in [4.78, 5) is 6.74. The summed E-state index contributed by atoms with van der Waals surface area (Å²) in [5.41, 5.74) is 6.48. The number of nitrogens with zero attached hydrogens (tertiary/aromatic N) is 4. The number of hydrogen-bond donors (Lipinski definition) is 0. The number of rotatable bonds is 4. The second-order valence-electron chi connectivity index (χ2n) is 9.37. The molecule has 1 aromatic heterocycles. The first kappa shape index (κ1) is 21.2. The van der Waals surface area contributed by atoms with Gasteiger partial charge in [-0.25, -0.2) is 4.98 Å². The first-order valence-electron chi connectivity index (χ1n) is 11.8. The summed E-state index contributed by atoms with van der Waals surface area (Å²) in [7, 11) is 2.12. The third-order valence-electron chi connectivity index (χ3n) is 6.87. The van der Waals surface area contributed by atoms with Crippen molar-refractivity contribution in [2.75, 3.05) is 11.9 Å². The van der Waals surface area contributed by atoms with Crippen LogP contribution in [0, 0.1) is 0 Å². The maximum atomic E-state index is 6.33. The molecule has 0 bridgehead atoms. The summed E-state index contributed by atoms with van der Waals surface area (Å²) < 4.78 is 10.7. The lowest BCUT2D eigenvalue weighted by Crippen LogP contribution is -2.41. The summed E-state index contributed by atoms with van der Waals surface area (Å²) in [5.74, 6) is 1.56. The molecule has 1 aliphatic heterocycles. The standard InChI is InChI=1S/C30H27N4O/c1-30(2)26-14-4-6-16-28(26)34(21-32(30)3)23-11-9-13-25(19-23)35-24-12-8-10-22(18-24)33-20-31-27-15-5-7-17-29(27)33/h4-21H,1-3H3/q+1. The lowest BCUT2D eigenvalue weighted by Gasteiger charge is -2.33. The Bertz CT molecular complexity index is 1580. The number of fused-ring (bicyclic) bond motifs is 2. The molecule has 0 radical (unpaired) electrons. The third-order valence-corrected chi connectivity index (χ3v) is 6.87. The Morgan fingerprint density at radius 3 is 2.29 bits per heavy atom. The molecule has 6 rings (SSSR count). The molecular weight excluding hydrogens is 432 g/mol. The van der Waals surface area contributed by atoms with E-state index in [0.29, 0.717) is 0 Å². The minimum Gasteiger partial charge on any atom is -0.457 e. The highest BCUT2D eigenvalue weighted by atomic mass is 16.5. The van der Waals surface area contributed by atoms with Gasteiger partial charge >= 0.3 is 0 Å². The number of para-hydroxylation sites is 3. The Labute approximate surface area is 205 Å². The van der Waals surface area contributed by atoms with Crippen LogP contribution >= 0.6 is 0 Å². The van der Waals surface area contributed by atoms with E-state index in [2.05, 4.69) is 94.8 Å². The van der Waals surface area contributed by atoms with E-state index < -0.39 is 0 Å². The molecule has 0 saturated carbocycles. The third kappa shape index (κ3) is 3.66. The molecule has 0 N–H and O–H groups in total. The van der Waals surface area contributed by atoms with E-state index in [9.17, 15) is 0 Å². The van der Waals surface area contributed by atoms with Gasteiger partial charge in [0.05, 0.1) is 23.8 Å². The van der Waals surface area contributed by atoms with Gasteiger partial charge in [0, 0.05) is 17.7 Å². The fourth-order valence-corrected chi connectivity index (χ4v) is 4.67. The molecule has 35 heavy (non-hydrogen) atoms.